The summed E-state index contributed by atoms with van der Waals surface area (Å²) in [5.41, 5.74) is -1.29. The lowest BCUT2D eigenvalue weighted by molar-refractivity contribution is -0.137. The van der Waals surface area contributed by atoms with Gasteiger partial charge in [-0.2, -0.15) is 18.3 Å². The number of amides is 1. The van der Waals surface area contributed by atoms with Crippen molar-refractivity contribution in [1.29, 1.82) is 0 Å². The number of anilines is 1. The van der Waals surface area contributed by atoms with Crippen LogP contribution in [0.3, 0.4) is 0 Å². The first-order valence-electron chi connectivity index (χ1n) is 9.02. The first kappa shape index (κ1) is 22.5. The highest BCUT2D eigenvalue weighted by Crippen LogP contribution is 2.32. The number of guanidine groups is 1. The van der Waals surface area contributed by atoms with Gasteiger partial charge in [0.1, 0.15) is 5.82 Å². The Morgan fingerprint density at radius 1 is 1.13 bits per heavy atom. The average Bonchev–Trinajstić information content (AvgIpc) is 3.04. The molecule has 0 fully saturated rings. The number of nitrogens with zero attached hydrogens (tertiary/aromatic N) is 2. The van der Waals surface area contributed by atoms with Crippen LogP contribution >= 0.6 is 11.6 Å². The van der Waals surface area contributed by atoms with Gasteiger partial charge in [-0.05, 0) is 57.2 Å². The summed E-state index contributed by atoms with van der Waals surface area (Å²) in [5.74, 6) is -1.27. The van der Waals surface area contributed by atoms with Gasteiger partial charge in [0, 0.05) is 10.9 Å². The molecule has 1 amide bonds. The molecule has 0 spiro atoms. The van der Waals surface area contributed by atoms with Gasteiger partial charge in [0.2, 0.25) is 5.96 Å². The summed E-state index contributed by atoms with van der Waals surface area (Å²) in [5, 5.41) is 12.1. The Bertz CT molecular complexity index is 1160. The minimum absolute atomic E-state index is 0.00649. The minimum atomic E-state index is -4.49. The van der Waals surface area contributed by atoms with Gasteiger partial charge in [0.05, 0.1) is 21.6 Å². The van der Waals surface area contributed by atoms with Crippen molar-refractivity contribution in [2.75, 3.05) is 5.32 Å². The number of nitrogens with one attached hydrogen (secondary N) is 3. The molecule has 3 N–H and O–H groups in total. The van der Waals surface area contributed by atoms with Gasteiger partial charge in [-0.3, -0.25) is 15.2 Å². The number of aliphatic imine (C=N–C) groups is 1. The second-order valence-electron chi connectivity index (χ2n) is 7.67. The van der Waals surface area contributed by atoms with Crippen LogP contribution in [0.5, 0.6) is 0 Å². The van der Waals surface area contributed by atoms with Gasteiger partial charge in [-0.15, -0.1) is 0 Å². The Morgan fingerprint density at radius 2 is 1.84 bits per heavy atom. The van der Waals surface area contributed by atoms with E-state index in [9.17, 15) is 22.4 Å². The predicted octanol–water partition coefficient (Wildman–Crippen LogP) is 5.37. The number of H-pyrrole nitrogens is 1. The highest BCUT2D eigenvalue weighted by molar-refractivity contribution is 6.30. The largest absolute Gasteiger partial charge is 0.416 e. The molecule has 6 nitrogen and oxygen atoms in total. The first-order chi connectivity index (χ1) is 14.3. The summed E-state index contributed by atoms with van der Waals surface area (Å²) in [6.45, 7) is 5.34. The molecule has 1 heterocycles. The Labute approximate surface area is 179 Å². The van der Waals surface area contributed by atoms with Gasteiger partial charge in [-0.1, -0.05) is 11.6 Å². The molecule has 2 aromatic carbocycles. The third kappa shape index (κ3) is 5.52. The summed E-state index contributed by atoms with van der Waals surface area (Å²) in [6.07, 6.45) is -4.49. The third-order valence-electron chi connectivity index (χ3n) is 3.99. The number of hydrogen-bond donors (Lipinski definition) is 3. The maximum absolute atomic E-state index is 13.7. The number of aromatic nitrogens is 2. The molecule has 1 aromatic heterocycles. The molecule has 0 aliphatic rings. The summed E-state index contributed by atoms with van der Waals surface area (Å²) in [6, 6.07) is 6.70. The van der Waals surface area contributed by atoms with Gasteiger partial charge >= 0.3 is 6.18 Å². The standard InChI is InChI=1S/C20H18ClF4N5O/c1-19(2,3)28-18(27-17(31)10-4-7-13(21)14(22)8-10)26-16-12-6-5-11(20(23,24)25)9-15(12)29-30-16/h4-9H,1-3H3,(H3,26,27,28,29,30,31). The third-order valence-corrected chi connectivity index (χ3v) is 4.29. The van der Waals surface area contributed by atoms with Crippen molar-refractivity contribution >= 4 is 40.2 Å². The number of carbonyl (C=O) groups is 1. The molecule has 164 valence electrons. The second kappa shape index (κ2) is 8.18. The van der Waals surface area contributed by atoms with E-state index < -0.39 is 29.0 Å². The van der Waals surface area contributed by atoms with Crippen molar-refractivity contribution in [3.8, 4) is 0 Å². The van der Waals surface area contributed by atoms with E-state index in [4.69, 9.17) is 11.6 Å². The molecule has 0 atom stereocenters. The van der Waals surface area contributed by atoms with Crippen molar-refractivity contribution < 1.29 is 22.4 Å². The molecular formula is C20H18ClF4N5O. The Kier molecular flexibility index (Phi) is 5.95. The maximum Gasteiger partial charge on any atom is 0.416 e. The van der Waals surface area contributed by atoms with Crippen LogP contribution in [0, 0.1) is 5.82 Å². The summed E-state index contributed by atoms with van der Waals surface area (Å²) in [4.78, 5) is 16.9. The molecule has 31 heavy (non-hydrogen) atoms. The quantitative estimate of drug-likeness (QED) is 0.276. The molecular weight excluding hydrogens is 438 g/mol. The van der Waals surface area contributed by atoms with Crippen molar-refractivity contribution in [3.63, 3.8) is 0 Å². The van der Waals surface area contributed by atoms with E-state index in [1.54, 1.807) is 20.8 Å². The van der Waals surface area contributed by atoms with E-state index in [1.807, 2.05) is 0 Å². The summed E-state index contributed by atoms with van der Waals surface area (Å²) >= 11 is 5.64. The smallest absolute Gasteiger partial charge is 0.309 e. The van der Waals surface area contributed by atoms with E-state index in [-0.39, 0.29) is 27.9 Å². The van der Waals surface area contributed by atoms with Gasteiger partial charge in [0.25, 0.3) is 5.91 Å². The number of fused-ring (bicyclic) bond motifs is 1. The van der Waals surface area contributed by atoms with Crippen molar-refractivity contribution in [2.24, 2.45) is 4.99 Å². The number of alkyl halides is 3. The summed E-state index contributed by atoms with van der Waals surface area (Å²) < 4.78 is 52.5. The Morgan fingerprint density at radius 3 is 2.45 bits per heavy atom. The summed E-state index contributed by atoms with van der Waals surface area (Å²) in [7, 11) is 0. The Balaban J connectivity index is 1.91. The van der Waals surface area contributed by atoms with Gasteiger partial charge in [0.15, 0.2) is 5.82 Å². The average molecular weight is 456 g/mol. The number of aromatic amines is 1. The van der Waals surface area contributed by atoms with Crippen LogP contribution in [0.4, 0.5) is 23.4 Å². The fourth-order valence-corrected chi connectivity index (χ4v) is 2.76. The van der Waals surface area contributed by atoms with Crippen molar-refractivity contribution in [2.45, 2.75) is 32.5 Å². The monoisotopic (exact) mass is 455 g/mol. The zero-order valence-corrected chi connectivity index (χ0v) is 17.4. The first-order valence-corrected chi connectivity index (χ1v) is 9.40. The molecule has 0 unspecified atom stereocenters. The van der Waals surface area contributed by atoms with Crippen LogP contribution in [0.15, 0.2) is 41.4 Å². The second-order valence-corrected chi connectivity index (χ2v) is 8.08. The van der Waals surface area contributed by atoms with Crippen LogP contribution in [0.1, 0.15) is 36.7 Å². The predicted molar refractivity (Wildman–Crippen MR) is 111 cm³/mol. The van der Waals surface area contributed by atoms with E-state index >= 15 is 0 Å². The normalized spacial score (nSPS) is 12.8. The van der Waals surface area contributed by atoms with E-state index in [0.717, 1.165) is 18.2 Å². The fraction of sp³-hybridized carbons (Fsp3) is 0.250. The molecule has 0 aliphatic carbocycles. The number of carbonyl (C=O) groups excluding carboxylic acids is 1. The molecule has 0 aliphatic heterocycles. The van der Waals surface area contributed by atoms with Crippen molar-refractivity contribution in [3.05, 3.63) is 58.4 Å². The number of hydrogen-bond acceptors (Lipinski definition) is 3. The minimum Gasteiger partial charge on any atom is -0.309 e. The topological polar surface area (TPSA) is 82.2 Å². The van der Waals surface area contributed by atoms with Gasteiger partial charge in [-0.25, -0.2) is 9.38 Å². The number of halogens is 5. The zero-order chi connectivity index (χ0) is 23.0. The Hall–Kier alpha value is -3.14. The van der Waals surface area contributed by atoms with E-state index in [1.165, 1.54) is 18.2 Å². The van der Waals surface area contributed by atoms with Crippen LogP contribution < -0.4 is 10.6 Å². The van der Waals surface area contributed by atoms with Gasteiger partial charge < -0.3 is 5.32 Å². The molecule has 11 heteroatoms. The number of rotatable bonds is 2. The zero-order valence-electron chi connectivity index (χ0n) is 16.7. The van der Waals surface area contributed by atoms with Crippen molar-refractivity contribution in [1.82, 2.24) is 15.5 Å². The molecule has 3 rings (SSSR count). The lowest BCUT2D eigenvalue weighted by atomic mass is 10.1. The molecule has 0 bridgehead atoms. The molecule has 0 radical (unpaired) electrons. The highest BCUT2D eigenvalue weighted by Gasteiger charge is 2.31. The van der Waals surface area contributed by atoms with Crippen LogP contribution in [0.2, 0.25) is 5.02 Å². The van der Waals surface area contributed by atoms with Crippen LogP contribution in [-0.4, -0.2) is 27.6 Å². The van der Waals surface area contributed by atoms with E-state index in [2.05, 4.69) is 25.8 Å². The number of benzene rings is 2. The maximum atomic E-state index is 13.7. The fourth-order valence-electron chi connectivity index (χ4n) is 2.64. The van der Waals surface area contributed by atoms with Crippen LogP contribution in [-0.2, 0) is 6.18 Å². The SMILES string of the molecule is CC(C)(C)N=C(NC(=O)c1ccc(Cl)c(F)c1)Nc1n[nH]c2cc(C(F)(F)F)ccc12. The molecule has 0 saturated carbocycles. The lowest BCUT2D eigenvalue weighted by Gasteiger charge is -2.17. The molecule has 3 aromatic rings. The molecule has 0 saturated heterocycles. The van der Waals surface area contributed by atoms with Crippen LogP contribution in [0.25, 0.3) is 10.9 Å². The highest BCUT2D eigenvalue weighted by atomic mass is 35.5. The lowest BCUT2D eigenvalue weighted by Crippen LogP contribution is -2.38. The van der Waals surface area contributed by atoms with E-state index in [0.29, 0.717) is 5.39 Å².